The lowest BCUT2D eigenvalue weighted by Crippen LogP contribution is -2.08. The summed E-state index contributed by atoms with van der Waals surface area (Å²) in [7, 11) is 0. The van der Waals surface area contributed by atoms with Gasteiger partial charge in [0, 0.05) is 14.6 Å². The van der Waals surface area contributed by atoms with Crippen molar-refractivity contribution in [3.63, 3.8) is 0 Å². The van der Waals surface area contributed by atoms with E-state index in [2.05, 4.69) is 31.9 Å². The summed E-state index contributed by atoms with van der Waals surface area (Å²) in [5.41, 5.74) is 6.46. The molecule has 0 heterocycles. The number of hydrogen-bond donors (Lipinski definition) is 1. The summed E-state index contributed by atoms with van der Waals surface area (Å²) in [6.45, 7) is 2.08. The molecule has 0 unspecified atom stereocenters. The maximum atomic E-state index is 11.5. The summed E-state index contributed by atoms with van der Waals surface area (Å²) in [6.07, 6.45) is 0. The highest BCUT2D eigenvalue weighted by Gasteiger charge is 2.15. The molecule has 1 aromatic rings. The van der Waals surface area contributed by atoms with E-state index in [4.69, 9.17) is 10.5 Å². The molecule has 0 bridgehead atoms. The first-order valence-electron chi connectivity index (χ1n) is 3.98. The molecular formula is C9H9Br2NO2. The van der Waals surface area contributed by atoms with E-state index in [0.29, 0.717) is 22.3 Å². The average Bonchev–Trinajstić information content (AvgIpc) is 2.01. The summed E-state index contributed by atoms with van der Waals surface area (Å²) in [5.74, 6) is -0.413. The fourth-order valence-electron chi connectivity index (χ4n) is 1.01. The molecule has 0 saturated carbocycles. The Bertz CT molecular complexity index is 343. The predicted octanol–water partition coefficient (Wildman–Crippen LogP) is 2.97. The van der Waals surface area contributed by atoms with Crippen LogP contribution in [0.5, 0.6) is 0 Å². The van der Waals surface area contributed by atoms with E-state index in [0.717, 1.165) is 4.47 Å². The van der Waals surface area contributed by atoms with E-state index in [1.807, 2.05) is 0 Å². The van der Waals surface area contributed by atoms with E-state index in [1.165, 1.54) is 0 Å². The van der Waals surface area contributed by atoms with Crippen LogP contribution in [0.25, 0.3) is 0 Å². The van der Waals surface area contributed by atoms with Crippen LogP contribution < -0.4 is 5.73 Å². The van der Waals surface area contributed by atoms with Gasteiger partial charge in [-0.05, 0) is 35.0 Å². The van der Waals surface area contributed by atoms with Crippen LogP contribution in [0.4, 0.5) is 5.69 Å². The van der Waals surface area contributed by atoms with Gasteiger partial charge in [-0.1, -0.05) is 15.9 Å². The third-order valence-corrected chi connectivity index (χ3v) is 2.65. The molecule has 0 aliphatic heterocycles. The molecule has 0 atom stereocenters. The van der Waals surface area contributed by atoms with Crippen LogP contribution in [0.2, 0.25) is 0 Å². The minimum Gasteiger partial charge on any atom is -0.462 e. The van der Waals surface area contributed by atoms with Crippen LogP contribution in [0.1, 0.15) is 17.3 Å². The number of benzene rings is 1. The Balaban J connectivity index is 3.14. The van der Waals surface area contributed by atoms with Crippen molar-refractivity contribution in [3.8, 4) is 0 Å². The van der Waals surface area contributed by atoms with E-state index < -0.39 is 5.97 Å². The second-order valence-electron chi connectivity index (χ2n) is 2.57. The first-order chi connectivity index (χ1) is 6.56. The molecule has 0 saturated heterocycles. The number of halogens is 2. The SMILES string of the molecule is CCOC(=O)c1c(N)cc(Br)cc1Br. The van der Waals surface area contributed by atoms with Gasteiger partial charge in [-0.2, -0.15) is 0 Å². The number of anilines is 1. The fourth-order valence-corrected chi connectivity index (χ4v) is 2.43. The number of hydrogen-bond acceptors (Lipinski definition) is 3. The minimum absolute atomic E-state index is 0.334. The third kappa shape index (κ3) is 2.48. The van der Waals surface area contributed by atoms with Crippen molar-refractivity contribution in [2.24, 2.45) is 0 Å². The molecule has 0 amide bonds. The smallest absolute Gasteiger partial charge is 0.341 e. The summed E-state index contributed by atoms with van der Waals surface area (Å²) in [5, 5.41) is 0. The van der Waals surface area contributed by atoms with Crippen LogP contribution in [-0.2, 0) is 4.74 Å². The molecule has 0 aliphatic rings. The highest BCUT2D eigenvalue weighted by atomic mass is 79.9. The molecule has 1 rings (SSSR count). The maximum absolute atomic E-state index is 11.5. The number of carbonyl (C=O) groups excluding carboxylic acids is 1. The molecule has 0 fully saturated rings. The first-order valence-corrected chi connectivity index (χ1v) is 5.56. The maximum Gasteiger partial charge on any atom is 0.341 e. The van der Waals surface area contributed by atoms with Crippen LogP contribution in [-0.4, -0.2) is 12.6 Å². The lowest BCUT2D eigenvalue weighted by Gasteiger charge is -2.07. The number of esters is 1. The minimum atomic E-state index is -0.413. The van der Waals surface area contributed by atoms with Crippen molar-refractivity contribution in [2.75, 3.05) is 12.3 Å². The van der Waals surface area contributed by atoms with E-state index in [1.54, 1.807) is 19.1 Å². The molecule has 5 heteroatoms. The lowest BCUT2D eigenvalue weighted by molar-refractivity contribution is 0.0526. The number of nitrogen functional groups attached to an aromatic ring is 1. The van der Waals surface area contributed by atoms with E-state index >= 15 is 0 Å². The summed E-state index contributed by atoms with van der Waals surface area (Å²) >= 11 is 6.53. The zero-order chi connectivity index (χ0) is 10.7. The van der Waals surface area contributed by atoms with Gasteiger partial charge >= 0.3 is 5.97 Å². The molecule has 14 heavy (non-hydrogen) atoms. The van der Waals surface area contributed by atoms with E-state index in [-0.39, 0.29) is 0 Å². The van der Waals surface area contributed by atoms with Crippen molar-refractivity contribution in [1.29, 1.82) is 0 Å². The molecule has 0 radical (unpaired) electrons. The Morgan fingerprint density at radius 3 is 2.64 bits per heavy atom. The summed E-state index contributed by atoms with van der Waals surface area (Å²) < 4.78 is 6.31. The van der Waals surface area contributed by atoms with Gasteiger partial charge in [-0.25, -0.2) is 4.79 Å². The number of rotatable bonds is 2. The van der Waals surface area contributed by atoms with Gasteiger partial charge in [0.25, 0.3) is 0 Å². The molecule has 2 N–H and O–H groups in total. The van der Waals surface area contributed by atoms with Crippen LogP contribution in [0.3, 0.4) is 0 Å². The van der Waals surface area contributed by atoms with Crippen LogP contribution in [0, 0.1) is 0 Å². The lowest BCUT2D eigenvalue weighted by atomic mass is 10.2. The second-order valence-corrected chi connectivity index (χ2v) is 4.34. The predicted molar refractivity (Wildman–Crippen MR) is 62.2 cm³/mol. The van der Waals surface area contributed by atoms with Gasteiger partial charge in [0.2, 0.25) is 0 Å². The topological polar surface area (TPSA) is 52.3 Å². The number of ether oxygens (including phenoxy) is 1. The van der Waals surface area contributed by atoms with Crippen LogP contribution in [0.15, 0.2) is 21.1 Å². The Labute approximate surface area is 98.9 Å². The van der Waals surface area contributed by atoms with Gasteiger partial charge in [0.15, 0.2) is 0 Å². The molecule has 0 aliphatic carbocycles. The van der Waals surface area contributed by atoms with Gasteiger partial charge in [0.05, 0.1) is 12.2 Å². The Kier molecular flexibility index (Phi) is 3.95. The largest absolute Gasteiger partial charge is 0.462 e. The standard InChI is InChI=1S/C9H9Br2NO2/c1-2-14-9(13)8-6(11)3-5(10)4-7(8)12/h3-4H,2,12H2,1H3. The van der Waals surface area contributed by atoms with Gasteiger partial charge in [-0.3, -0.25) is 0 Å². The van der Waals surface area contributed by atoms with Gasteiger partial charge < -0.3 is 10.5 Å². The van der Waals surface area contributed by atoms with Gasteiger partial charge in [0.1, 0.15) is 0 Å². The van der Waals surface area contributed by atoms with Crippen molar-refractivity contribution < 1.29 is 9.53 Å². The molecule has 3 nitrogen and oxygen atoms in total. The number of carbonyl (C=O) groups is 1. The average molecular weight is 323 g/mol. The van der Waals surface area contributed by atoms with Crippen molar-refractivity contribution in [3.05, 3.63) is 26.6 Å². The zero-order valence-corrected chi connectivity index (χ0v) is 10.7. The summed E-state index contributed by atoms with van der Waals surface area (Å²) in [6, 6.07) is 3.42. The van der Waals surface area contributed by atoms with E-state index in [9.17, 15) is 4.79 Å². The van der Waals surface area contributed by atoms with Crippen molar-refractivity contribution in [1.82, 2.24) is 0 Å². The summed E-state index contributed by atoms with van der Waals surface area (Å²) in [4.78, 5) is 11.5. The zero-order valence-electron chi connectivity index (χ0n) is 7.51. The first kappa shape index (κ1) is 11.5. The quantitative estimate of drug-likeness (QED) is 0.672. The van der Waals surface area contributed by atoms with Crippen LogP contribution >= 0.6 is 31.9 Å². The van der Waals surface area contributed by atoms with Crippen molar-refractivity contribution >= 4 is 43.5 Å². The fraction of sp³-hybridized carbons (Fsp3) is 0.222. The molecule has 0 spiro atoms. The highest BCUT2D eigenvalue weighted by Crippen LogP contribution is 2.28. The highest BCUT2D eigenvalue weighted by molar-refractivity contribution is 9.11. The molecule has 1 aromatic carbocycles. The Morgan fingerprint density at radius 2 is 2.14 bits per heavy atom. The Hall–Kier alpha value is -0.550. The van der Waals surface area contributed by atoms with Gasteiger partial charge in [-0.15, -0.1) is 0 Å². The normalized spacial score (nSPS) is 9.93. The third-order valence-electron chi connectivity index (χ3n) is 1.57. The number of nitrogens with two attached hydrogens (primary N) is 1. The molecule has 0 aromatic heterocycles. The van der Waals surface area contributed by atoms with Crippen molar-refractivity contribution in [2.45, 2.75) is 6.92 Å². The monoisotopic (exact) mass is 321 g/mol. The molecular weight excluding hydrogens is 314 g/mol. The second kappa shape index (κ2) is 4.79. The molecule has 76 valence electrons. The Morgan fingerprint density at radius 1 is 1.50 bits per heavy atom.